The fourth-order valence-electron chi connectivity index (χ4n) is 1.65. The van der Waals surface area contributed by atoms with Gasteiger partial charge < -0.3 is 9.15 Å². The van der Waals surface area contributed by atoms with Gasteiger partial charge in [0.05, 0.1) is 0 Å². The second-order valence-electron chi connectivity index (χ2n) is 4.26. The van der Waals surface area contributed by atoms with Gasteiger partial charge >= 0.3 is 0 Å². The van der Waals surface area contributed by atoms with E-state index in [0.717, 1.165) is 5.01 Å². The van der Waals surface area contributed by atoms with E-state index in [-0.39, 0.29) is 17.5 Å². The van der Waals surface area contributed by atoms with Gasteiger partial charge in [0, 0.05) is 12.1 Å². The molecule has 2 heterocycles. The number of nitrogens with zero attached hydrogens (tertiary/aromatic N) is 2. The molecule has 22 heavy (non-hydrogen) atoms. The number of benzene rings is 1. The number of rotatable bonds is 4. The Morgan fingerprint density at radius 2 is 2.18 bits per heavy atom. The van der Waals surface area contributed by atoms with Crippen LogP contribution < -0.4 is 10.1 Å². The number of nitrogens with one attached hydrogen (secondary N) is 1. The van der Waals surface area contributed by atoms with Crippen LogP contribution in [0.5, 0.6) is 11.7 Å². The number of aromatic nitrogens is 2. The van der Waals surface area contributed by atoms with Crippen LogP contribution in [0.4, 0.5) is 9.52 Å². The summed E-state index contributed by atoms with van der Waals surface area (Å²) < 4.78 is 23.7. The molecular weight excluding hydrogens is 309 g/mol. The van der Waals surface area contributed by atoms with Crippen LogP contribution in [0, 0.1) is 12.7 Å². The van der Waals surface area contributed by atoms with Crippen LogP contribution in [0.3, 0.4) is 0 Å². The Morgan fingerprint density at radius 1 is 1.32 bits per heavy atom. The van der Waals surface area contributed by atoms with E-state index < -0.39 is 11.7 Å². The molecule has 0 saturated heterocycles. The number of aryl methyl sites for hydroxylation is 1. The number of amides is 1. The Kier molecular flexibility index (Phi) is 3.84. The van der Waals surface area contributed by atoms with Crippen molar-refractivity contribution >= 4 is 22.4 Å². The van der Waals surface area contributed by atoms with Crippen molar-refractivity contribution < 1.29 is 18.3 Å². The lowest BCUT2D eigenvalue weighted by Gasteiger charge is -2.01. The van der Waals surface area contributed by atoms with Gasteiger partial charge in [0.2, 0.25) is 5.13 Å². The lowest BCUT2D eigenvalue weighted by Crippen LogP contribution is -2.10. The predicted molar refractivity (Wildman–Crippen MR) is 77.8 cm³/mol. The van der Waals surface area contributed by atoms with Gasteiger partial charge in [-0.15, -0.1) is 10.2 Å². The lowest BCUT2D eigenvalue weighted by molar-refractivity contribution is 0.0991. The second kappa shape index (κ2) is 5.94. The van der Waals surface area contributed by atoms with Gasteiger partial charge in [0.15, 0.2) is 5.76 Å². The van der Waals surface area contributed by atoms with Gasteiger partial charge in [-0.3, -0.25) is 10.1 Å². The molecule has 1 amide bonds. The van der Waals surface area contributed by atoms with E-state index >= 15 is 0 Å². The van der Waals surface area contributed by atoms with Gasteiger partial charge in [-0.05, 0) is 25.1 Å². The molecule has 1 aromatic carbocycles. The lowest BCUT2D eigenvalue weighted by atomic mass is 10.3. The first kappa shape index (κ1) is 14.2. The number of furan rings is 1. The molecule has 0 unspecified atom stereocenters. The Bertz CT molecular complexity index is 815. The molecule has 0 spiro atoms. The molecule has 0 saturated carbocycles. The third kappa shape index (κ3) is 3.29. The molecule has 112 valence electrons. The molecule has 0 atom stereocenters. The van der Waals surface area contributed by atoms with Crippen molar-refractivity contribution in [2.75, 3.05) is 5.32 Å². The van der Waals surface area contributed by atoms with Crippen LogP contribution in [-0.4, -0.2) is 16.1 Å². The van der Waals surface area contributed by atoms with Crippen molar-refractivity contribution in [2.45, 2.75) is 6.92 Å². The third-order valence-corrected chi connectivity index (χ3v) is 3.32. The molecule has 0 fully saturated rings. The second-order valence-corrected chi connectivity index (χ2v) is 5.44. The van der Waals surface area contributed by atoms with E-state index in [4.69, 9.17) is 9.15 Å². The zero-order chi connectivity index (χ0) is 15.5. The van der Waals surface area contributed by atoms with Crippen molar-refractivity contribution in [3.05, 3.63) is 53.0 Å². The normalized spacial score (nSPS) is 10.5. The summed E-state index contributed by atoms with van der Waals surface area (Å²) in [6.07, 6.45) is 0. The van der Waals surface area contributed by atoms with Crippen molar-refractivity contribution in [3.8, 4) is 11.7 Å². The highest BCUT2D eigenvalue weighted by atomic mass is 32.1. The molecule has 0 aliphatic heterocycles. The number of ether oxygens (including phenoxy) is 1. The average molecular weight is 319 g/mol. The Balaban J connectivity index is 1.69. The van der Waals surface area contributed by atoms with E-state index in [2.05, 4.69) is 15.5 Å². The Morgan fingerprint density at radius 3 is 2.91 bits per heavy atom. The fourth-order valence-corrected chi connectivity index (χ4v) is 2.24. The van der Waals surface area contributed by atoms with Gasteiger partial charge in [-0.25, -0.2) is 4.39 Å². The van der Waals surface area contributed by atoms with E-state index in [1.165, 1.54) is 41.7 Å². The van der Waals surface area contributed by atoms with Crippen molar-refractivity contribution in [1.29, 1.82) is 0 Å². The van der Waals surface area contributed by atoms with E-state index in [0.29, 0.717) is 5.13 Å². The highest BCUT2D eigenvalue weighted by molar-refractivity contribution is 7.15. The standard InChI is InChI=1S/C14H10FN3O3S/c1-8-17-18-14(22-8)16-13(19)11-5-6-12(21-11)20-10-4-2-3-9(15)7-10/h2-7H,1H3,(H,16,18,19). The number of anilines is 1. The minimum absolute atomic E-state index is 0.0549. The van der Waals surface area contributed by atoms with Gasteiger partial charge in [-0.2, -0.15) is 0 Å². The molecule has 0 aliphatic carbocycles. The summed E-state index contributed by atoms with van der Waals surface area (Å²) in [5, 5.41) is 11.3. The smallest absolute Gasteiger partial charge is 0.293 e. The van der Waals surface area contributed by atoms with Gasteiger partial charge in [0.25, 0.3) is 11.9 Å². The predicted octanol–water partition coefficient (Wildman–Crippen LogP) is 3.62. The van der Waals surface area contributed by atoms with Crippen LogP contribution in [0.1, 0.15) is 15.6 Å². The van der Waals surface area contributed by atoms with Crippen LogP contribution in [0.25, 0.3) is 0 Å². The summed E-state index contributed by atoms with van der Waals surface area (Å²) in [7, 11) is 0. The summed E-state index contributed by atoms with van der Waals surface area (Å²) in [6, 6.07) is 8.54. The van der Waals surface area contributed by atoms with Crippen molar-refractivity contribution in [1.82, 2.24) is 10.2 Å². The fraction of sp³-hybridized carbons (Fsp3) is 0.0714. The Labute approximate surface area is 128 Å². The number of carbonyl (C=O) groups excluding carboxylic acids is 1. The maximum absolute atomic E-state index is 13.1. The van der Waals surface area contributed by atoms with E-state index in [1.807, 2.05) is 0 Å². The maximum Gasteiger partial charge on any atom is 0.293 e. The average Bonchev–Trinajstić information content (AvgIpc) is 3.08. The largest absolute Gasteiger partial charge is 0.426 e. The highest BCUT2D eigenvalue weighted by Crippen LogP contribution is 2.25. The van der Waals surface area contributed by atoms with Crippen molar-refractivity contribution in [2.24, 2.45) is 0 Å². The van der Waals surface area contributed by atoms with Crippen molar-refractivity contribution in [3.63, 3.8) is 0 Å². The Hall–Kier alpha value is -2.74. The molecule has 0 aliphatic rings. The summed E-state index contributed by atoms with van der Waals surface area (Å²) in [5.41, 5.74) is 0. The van der Waals surface area contributed by atoms with Crippen LogP contribution in [0.15, 0.2) is 40.8 Å². The first-order valence-electron chi connectivity index (χ1n) is 6.25. The van der Waals surface area contributed by atoms with Crippen LogP contribution in [-0.2, 0) is 0 Å². The third-order valence-electron chi connectivity index (χ3n) is 2.57. The zero-order valence-electron chi connectivity index (χ0n) is 11.4. The molecule has 2 aromatic heterocycles. The molecule has 3 aromatic rings. The number of hydrogen-bond donors (Lipinski definition) is 1. The number of carbonyl (C=O) groups is 1. The minimum atomic E-state index is -0.467. The molecule has 1 N–H and O–H groups in total. The quantitative estimate of drug-likeness (QED) is 0.794. The summed E-state index contributed by atoms with van der Waals surface area (Å²) in [6.45, 7) is 1.78. The summed E-state index contributed by atoms with van der Waals surface area (Å²) in [4.78, 5) is 12.0. The molecular formula is C14H10FN3O3S. The molecule has 3 rings (SSSR count). The number of hydrogen-bond acceptors (Lipinski definition) is 6. The minimum Gasteiger partial charge on any atom is -0.426 e. The molecule has 8 heteroatoms. The SMILES string of the molecule is Cc1nnc(NC(=O)c2ccc(Oc3cccc(F)c3)o2)s1. The van der Waals surface area contributed by atoms with Crippen LogP contribution >= 0.6 is 11.3 Å². The maximum atomic E-state index is 13.1. The summed E-state index contributed by atoms with van der Waals surface area (Å²) >= 11 is 1.25. The topological polar surface area (TPSA) is 77.2 Å². The van der Waals surface area contributed by atoms with Gasteiger partial charge in [-0.1, -0.05) is 17.4 Å². The number of halogens is 1. The first-order valence-corrected chi connectivity index (χ1v) is 7.06. The molecule has 0 bridgehead atoms. The van der Waals surface area contributed by atoms with E-state index in [1.54, 1.807) is 13.0 Å². The van der Waals surface area contributed by atoms with Crippen LogP contribution in [0.2, 0.25) is 0 Å². The first-order chi connectivity index (χ1) is 10.6. The zero-order valence-corrected chi connectivity index (χ0v) is 12.2. The van der Waals surface area contributed by atoms with E-state index in [9.17, 15) is 9.18 Å². The molecule has 6 nitrogen and oxygen atoms in total. The monoisotopic (exact) mass is 319 g/mol. The summed E-state index contributed by atoms with van der Waals surface area (Å²) in [5.74, 6) is -0.469. The highest BCUT2D eigenvalue weighted by Gasteiger charge is 2.14. The van der Waals surface area contributed by atoms with Gasteiger partial charge in [0.1, 0.15) is 16.6 Å². The molecule has 0 radical (unpaired) electrons.